The fourth-order valence-corrected chi connectivity index (χ4v) is 10.7. The van der Waals surface area contributed by atoms with Crippen LogP contribution < -0.4 is 0 Å². The molecular weight excluding hydrogens is 358 g/mol. The first-order chi connectivity index (χ1) is 7.27. The van der Waals surface area contributed by atoms with Crippen molar-refractivity contribution in [3.05, 3.63) is 35.9 Å². The molecule has 0 aliphatic rings. The maximum atomic E-state index is 11.9. The molecule has 0 unspecified atom stereocenters. The number of benzene rings is 1. The minimum absolute atomic E-state index is 0.726. The molecule has 0 spiro atoms. The third-order valence-corrected chi connectivity index (χ3v) is 16.0. The minimum atomic E-state index is -3.87. The summed E-state index contributed by atoms with van der Waals surface area (Å²) in [5, 5.41) is 0. The van der Waals surface area contributed by atoms with Gasteiger partial charge in [0.1, 0.15) is 0 Å². The Morgan fingerprint density at radius 2 is 1.69 bits per heavy atom. The summed E-state index contributed by atoms with van der Waals surface area (Å²) in [7, 11) is 11.3. The molecule has 1 aromatic rings. The second kappa shape index (κ2) is 5.24. The van der Waals surface area contributed by atoms with Gasteiger partial charge < -0.3 is 0 Å². The van der Waals surface area contributed by atoms with E-state index in [0.29, 0.717) is 0 Å². The topological polar surface area (TPSA) is 37.4 Å². The molecule has 0 saturated heterocycles. The predicted octanol–water partition coefficient (Wildman–Crippen LogP) is 2.10. The van der Waals surface area contributed by atoms with Crippen molar-refractivity contribution in [1.29, 1.82) is 0 Å². The van der Waals surface area contributed by atoms with Gasteiger partial charge in [0.05, 0.1) is 0 Å². The summed E-state index contributed by atoms with van der Waals surface area (Å²) < 4.78 is 26.3. The van der Waals surface area contributed by atoms with Crippen molar-refractivity contribution in [2.24, 2.45) is 0 Å². The zero-order chi connectivity index (χ0) is 12.4. The van der Waals surface area contributed by atoms with E-state index in [0.717, 1.165) is 9.87 Å². The van der Waals surface area contributed by atoms with E-state index in [9.17, 15) is 8.42 Å². The molecule has 1 rings (SSSR count). The van der Waals surface area contributed by atoms with Crippen LogP contribution in [-0.2, 0) is 19.1 Å². The SMILES string of the molecule is CN(C)[S](=O)(=O)[Ru]([Cl])([Cl])=[CH]c1ccccc1. The molecule has 7 heteroatoms. The van der Waals surface area contributed by atoms with Gasteiger partial charge in [-0.2, -0.15) is 0 Å². The third kappa shape index (κ3) is 3.11. The molecule has 0 fully saturated rings. The van der Waals surface area contributed by atoms with Gasteiger partial charge in [0.2, 0.25) is 0 Å². The molecule has 0 aliphatic heterocycles. The number of rotatable bonds is 3. The van der Waals surface area contributed by atoms with E-state index in [4.69, 9.17) is 19.4 Å². The zero-order valence-corrected chi connectivity index (χ0v) is 12.8. The van der Waals surface area contributed by atoms with Crippen molar-refractivity contribution in [3.8, 4) is 0 Å². The van der Waals surface area contributed by atoms with Gasteiger partial charge in [-0.05, 0) is 0 Å². The predicted molar refractivity (Wildman–Crippen MR) is 65.9 cm³/mol. The second-order valence-corrected chi connectivity index (χ2v) is 20.2. The van der Waals surface area contributed by atoms with Crippen LogP contribution in [-0.4, -0.2) is 31.4 Å². The summed E-state index contributed by atoms with van der Waals surface area (Å²) in [5.41, 5.74) is 0.726. The monoisotopic (exact) mass is 370 g/mol. The molecule has 0 bridgehead atoms. The van der Waals surface area contributed by atoms with Gasteiger partial charge in [0.15, 0.2) is 0 Å². The average Bonchev–Trinajstić information content (AvgIpc) is 2.18. The van der Waals surface area contributed by atoms with E-state index >= 15 is 0 Å². The quantitative estimate of drug-likeness (QED) is 0.765. The van der Waals surface area contributed by atoms with Crippen LogP contribution in [0.15, 0.2) is 30.3 Å². The maximum absolute atomic E-state index is 11.9. The summed E-state index contributed by atoms with van der Waals surface area (Å²) in [6.07, 6.45) is 0. The van der Waals surface area contributed by atoms with Gasteiger partial charge in [-0.15, -0.1) is 0 Å². The first kappa shape index (κ1) is 14.3. The van der Waals surface area contributed by atoms with Gasteiger partial charge in [-0.25, -0.2) is 0 Å². The Morgan fingerprint density at radius 3 is 2.12 bits per heavy atom. The first-order valence-electron chi connectivity index (χ1n) is 4.23. The van der Waals surface area contributed by atoms with Crippen LogP contribution in [0.5, 0.6) is 0 Å². The zero-order valence-electron chi connectivity index (χ0n) is 8.75. The number of hydrogen-bond acceptors (Lipinski definition) is 2. The summed E-state index contributed by atoms with van der Waals surface area (Å²) >= 11 is -3.87. The number of halogens is 2. The van der Waals surface area contributed by atoms with Gasteiger partial charge in [0.25, 0.3) is 0 Å². The number of nitrogens with zero attached hydrogens (tertiary/aromatic N) is 1. The molecule has 0 amide bonds. The van der Waals surface area contributed by atoms with Crippen molar-refractivity contribution >= 4 is 32.0 Å². The molecule has 0 saturated carbocycles. The Bertz CT molecular complexity index is 508. The van der Waals surface area contributed by atoms with E-state index in [1.165, 1.54) is 18.7 Å². The number of hydrogen-bond donors (Lipinski definition) is 0. The molecule has 1 aromatic carbocycles. The second-order valence-electron chi connectivity index (χ2n) is 3.12. The van der Waals surface area contributed by atoms with Crippen LogP contribution in [0, 0.1) is 0 Å². The van der Waals surface area contributed by atoms with Crippen LogP contribution in [0.3, 0.4) is 0 Å². The van der Waals surface area contributed by atoms with Crippen LogP contribution >= 0.6 is 19.4 Å². The molecule has 3 nitrogen and oxygen atoms in total. The Kier molecular flexibility index (Phi) is 4.67. The fourth-order valence-electron chi connectivity index (χ4n) is 0.883. The van der Waals surface area contributed by atoms with Crippen molar-refractivity contribution in [1.82, 2.24) is 4.31 Å². The third-order valence-electron chi connectivity index (χ3n) is 1.71. The van der Waals surface area contributed by atoms with Crippen molar-refractivity contribution in [2.45, 2.75) is 0 Å². The molecule has 0 N–H and O–H groups in total. The molecule has 0 heterocycles. The summed E-state index contributed by atoms with van der Waals surface area (Å²) in [6.45, 7) is 0. The Hall–Kier alpha value is 0.203. The van der Waals surface area contributed by atoms with Crippen LogP contribution in [0.4, 0.5) is 0 Å². The Labute approximate surface area is 105 Å². The average molecular weight is 370 g/mol. The van der Waals surface area contributed by atoms with Crippen molar-refractivity contribution in [3.63, 3.8) is 0 Å². The summed E-state index contributed by atoms with van der Waals surface area (Å²) in [4.78, 5) is 0. The van der Waals surface area contributed by atoms with E-state index < -0.39 is 19.1 Å². The first-order valence-corrected chi connectivity index (χ1v) is 13.2. The summed E-state index contributed by atoms with van der Waals surface area (Å²) in [6, 6.07) is 8.98. The summed E-state index contributed by atoms with van der Waals surface area (Å²) in [5.74, 6) is 0. The molecule has 0 aliphatic carbocycles. The Morgan fingerprint density at radius 1 is 1.19 bits per heavy atom. The molecule has 16 heavy (non-hydrogen) atoms. The van der Waals surface area contributed by atoms with Gasteiger partial charge >= 0.3 is 106 Å². The van der Waals surface area contributed by atoms with Gasteiger partial charge in [0, 0.05) is 0 Å². The van der Waals surface area contributed by atoms with Crippen LogP contribution in [0.1, 0.15) is 5.56 Å². The van der Waals surface area contributed by atoms with Crippen molar-refractivity contribution < 1.29 is 19.5 Å². The molecule has 0 atom stereocenters. The van der Waals surface area contributed by atoms with E-state index in [1.807, 2.05) is 6.07 Å². The fraction of sp³-hybridized carbons (Fsp3) is 0.222. The van der Waals surface area contributed by atoms with Gasteiger partial charge in [-0.1, -0.05) is 0 Å². The van der Waals surface area contributed by atoms with E-state index in [-0.39, 0.29) is 0 Å². The van der Waals surface area contributed by atoms with Crippen LogP contribution in [0.25, 0.3) is 0 Å². The molecular formula is C9H12Cl2NO2RuS. The Balaban J connectivity index is 3.28. The standard InChI is InChI=1S/C7H6.C2H6NO2S.2ClH.Ru/c1-7-5-3-2-4-6-7;1-3(2)6(4)5;;;/h1-6H;1-2H3;2*1H;/q;;;;+2/p-2. The normalized spacial score (nSPS) is 13.8. The molecule has 0 aromatic heterocycles. The van der Waals surface area contributed by atoms with Gasteiger partial charge in [-0.3, -0.25) is 0 Å². The molecule has 93 valence electrons. The van der Waals surface area contributed by atoms with E-state index in [2.05, 4.69) is 0 Å². The molecule has 0 radical (unpaired) electrons. The van der Waals surface area contributed by atoms with E-state index in [1.54, 1.807) is 24.3 Å². The van der Waals surface area contributed by atoms with Crippen LogP contribution in [0.2, 0.25) is 0 Å². The van der Waals surface area contributed by atoms with Crippen molar-refractivity contribution in [2.75, 3.05) is 14.1 Å².